The van der Waals surface area contributed by atoms with Crippen LogP contribution in [0.1, 0.15) is 32.8 Å². The molecule has 8 nitrogen and oxygen atoms in total. The van der Waals surface area contributed by atoms with E-state index in [-0.39, 0.29) is 22.4 Å². The smallest absolute Gasteiger partial charge is 0.229 e. The van der Waals surface area contributed by atoms with E-state index < -0.39 is 20.9 Å². The van der Waals surface area contributed by atoms with E-state index in [0.29, 0.717) is 29.6 Å². The van der Waals surface area contributed by atoms with Gasteiger partial charge in [-0.2, -0.15) is 4.98 Å². The topological polar surface area (TPSA) is 119 Å². The Bertz CT molecular complexity index is 1210. The summed E-state index contributed by atoms with van der Waals surface area (Å²) in [4.78, 5) is 8.83. The lowest BCUT2D eigenvalue weighted by Gasteiger charge is -2.29. The number of ether oxygens (including phenoxy) is 1. The minimum Gasteiger partial charge on any atom is -0.495 e. The zero-order valence-corrected chi connectivity index (χ0v) is 20.9. The molecule has 0 fully saturated rings. The van der Waals surface area contributed by atoms with Crippen LogP contribution in [-0.2, 0) is 14.6 Å². The van der Waals surface area contributed by atoms with Crippen LogP contribution in [0.5, 0.6) is 0 Å². The summed E-state index contributed by atoms with van der Waals surface area (Å²) in [5.74, 6) is 1.13. The van der Waals surface area contributed by atoms with Gasteiger partial charge in [-0.05, 0) is 63.9 Å². The first-order valence-corrected chi connectivity index (χ1v) is 12.7. The molecule has 2 atom stereocenters. The number of methoxy groups -OCH3 is 1. The molecule has 2 unspecified atom stereocenters. The van der Waals surface area contributed by atoms with Crippen LogP contribution in [0.25, 0.3) is 0 Å². The van der Waals surface area contributed by atoms with Gasteiger partial charge in [-0.15, -0.1) is 0 Å². The highest BCUT2D eigenvalue weighted by Gasteiger charge is 2.27. The van der Waals surface area contributed by atoms with Gasteiger partial charge in [0.25, 0.3) is 0 Å². The number of rotatable bonds is 9. The SMILES string of the molecule is COC1=C(Nc2ncc(C)c(Nc3ccc(F)cc3S(=O)(=O)C(C)C)n2)C(C)C(CCN)C=C1. The summed E-state index contributed by atoms with van der Waals surface area (Å²) in [6, 6.07) is 3.63. The van der Waals surface area contributed by atoms with Crippen molar-refractivity contribution >= 4 is 27.3 Å². The van der Waals surface area contributed by atoms with Crippen LogP contribution in [-0.4, -0.2) is 37.3 Å². The van der Waals surface area contributed by atoms with Gasteiger partial charge in [0.15, 0.2) is 9.84 Å². The van der Waals surface area contributed by atoms with Crippen LogP contribution < -0.4 is 16.4 Å². The van der Waals surface area contributed by atoms with Crippen molar-refractivity contribution < 1.29 is 17.5 Å². The molecule has 1 aliphatic rings. The molecule has 34 heavy (non-hydrogen) atoms. The molecule has 0 spiro atoms. The van der Waals surface area contributed by atoms with Crippen molar-refractivity contribution in [1.82, 2.24) is 9.97 Å². The zero-order chi connectivity index (χ0) is 25.0. The van der Waals surface area contributed by atoms with Gasteiger partial charge in [0.2, 0.25) is 5.95 Å². The first kappa shape index (κ1) is 25.6. The van der Waals surface area contributed by atoms with Gasteiger partial charge in [-0.1, -0.05) is 13.0 Å². The fourth-order valence-corrected chi connectivity index (χ4v) is 4.97. The maximum Gasteiger partial charge on any atom is 0.229 e. The molecule has 0 saturated carbocycles. The van der Waals surface area contributed by atoms with Crippen molar-refractivity contribution in [2.75, 3.05) is 24.3 Å². The second kappa shape index (κ2) is 10.5. The van der Waals surface area contributed by atoms with E-state index in [4.69, 9.17) is 10.5 Å². The highest BCUT2D eigenvalue weighted by Crippen LogP contribution is 2.33. The number of sulfone groups is 1. The van der Waals surface area contributed by atoms with Crippen LogP contribution in [0.3, 0.4) is 0 Å². The number of allylic oxidation sites excluding steroid dienone is 3. The van der Waals surface area contributed by atoms with Crippen molar-refractivity contribution in [3.05, 3.63) is 59.4 Å². The summed E-state index contributed by atoms with van der Waals surface area (Å²) in [7, 11) is -2.13. The second-order valence-corrected chi connectivity index (χ2v) is 11.1. The molecule has 0 saturated heterocycles. The number of halogens is 1. The lowest BCUT2D eigenvalue weighted by atomic mass is 9.84. The predicted octanol–water partition coefficient (Wildman–Crippen LogP) is 4.29. The molecule has 0 bridgehead atoms. The average molecular weight is 490 g/mol. The van der Waals surface area contributed by atoms with E-state index in [9.17, 15) is 12.8 Å². The van der Waals surface area contributed by atoms with Gasteiger partial charge in [0.05, 0.1) is 28.6 Å². The maximum absolute atomic E-state index is 13.9. The summed E-state index contributed by atoms with van der Waals surface area (Å²) in [5.41, 5.74) is 7.55. The zero-order valence-electron chi connectivity index (χ0n) is 20.1. The van der Waals surface area contributed by atoms with Crippen LogP contribution >= 0.6 is 0 Å². The molecule has 4 N–H and O–H groups in total. The minimum absolute atomic E-state index is 0.102. The van der Waals surface area contributed by atoms with E-state index >= 15 is 0 Å². The molecular weight excluding hydrogens is 457 g/mol. The van der Waals surface area contributed by atoms with Crippen LogP contribution in [0.15, 0.2) is 52.9 Å². The highest BCUT2D eigenvalue weighted by atomic mass is 32.2. The van der Waals surface area contributed by atoms with Crippen LogP contribution in [0.2, 0.25) is 0 Å². The third-order valence-electron chi connectivity index (χ3n) is 5.92. The molecule has 3 rings (SSSR count). The minimum atomic E-state index is -3.73. The molecule has 0 amide bonds. The maximum atomic E-state index is 13.9. The number of benzene rings is 1. The summed E-state index contributed by atoms with van der Waals surface area (Å²) in [6.45, 7) is 7.57. The number of nitrogens with zero attached hydrogens (tertiary/aromatic N) is 2. The molecule has 2 aromatic rings. The Morgan fingerprint density at radius 1 is 1.26 bits per heavy atom. The van der Waals surface area contributed by atoms with Crippen molar-refractivity contribution in [3.8, 4) is 0 Å². The normalized spacial score (nSPS) is 18.4. The largest absolute Gasteiger partial charge is 0.495 e. The molecule has 1 aromatic heterocycles. The van der Waals surface area contributed by atoms with Gasteiger partial charge in [-0.25, -0.2) is 17.8 Å². The number of aryl methyl sites for hydroxylation is 1. The Morgan fingerprint density at radius 2 is 2.00 bits per heavy atom. The average Bonchev–Trinajstić information content (AvgIpc) is 2.79. The quantitative estimate of drug-likeness (QED) is 0.477. The Hall–Kier alpha value is -2.98. The molecule has 1 aliphatic carbocycles. The van der Waals surface area contributed by atoms with Crippen molar-refractivity contribution in [2.24, 2.45) is 17.6 Å². The van der Waals surface area contributed by atoms with Crippen molar-refractivity contribution in [1.29, 1.82) is 0 Å². The van der Waals surface area contributed by atoms with E-state index in [2.05, 4.69) is 33.6 Å². The Kier molecular flexibility index (Phi) is 7.93. The molecule has 0 radical (unpaired) electrons. The van der Waals surface area contributed by atoms with Crippen molar-refractivity contribution in [2.45, 2.75) is 44.3 Å². The number of nitrogens with one attached hydrogen (secondary N) is 2. The van der Waals surface area contributed by atoms with Gasteiger partial charge in [0.1, 0.15) is 17.4 Å². The monoisotopic (exact) mass is 489 g/mol. The lowest BCUT2D eigenvalue weighted by Crippen LogP contribution is -2.25. The first-order chi connectivity index (χ1) is 16.1. The number of hydrogen-bond donors (Lipinski definition) is 3. The summed E-state index contributed by atoms with van der Waals surface area (Å²) < 4.78 is 45.1. The highest BCUT2D eigenvalue weighted by molar-refractivity contribution is 7.92. The molecule has 0 aliphatic heterocycles. The number of hydrogen-bond acceptors (Lipinski definition) is 8. The molecule has 1 heterocycles. The molecule has 1 aromatic carbocycles. The summed E-state index contributed by atoms with van der Waals surface area (Å²) >= 11 is 0. The van der Waals surface area contributed by atoms with E-state index in [1.807, 2.05) is 6.08 Å². The van der Waals surface area contributed by atoms with E-state index in [0.717, 1.165) is 18.2 Å². The molecule has 184 valence electrons. The third kappa shape index (κ3) is 5.39. The fourth-order valence-electron chi connectivity index (χ4n) is 3.76. The Labute approximate surface area is 200 Å². The van der Waals surface area contributed by atoms with E-state index in [1.165, 1.54) is 12.1 Å². The Balaban J connectivity index is 1.96. The number of aromatic nitrogens is 2. The summed E-state index contributed by atoms with van der Waals surface area (Å²) in [5, 5.41) is 5.62. The van der Waals surface area contributed by atoms with Gasteiger partial charge in [0, 0.05) is 17.7 Å². The lowest BCUT2D eigenvalue weighted by molar-refractivity contribution is 0.286. The first-order valence-electron chi connectivity index (χ1n) is 11.2. The number of anilines is 3. The van der Waals surface area contributed by atoms with Crippen LogP contribution in [0, 0.1) is 24.6 Å². The molecule has 10 heteroatoms. The van der Waals surface area contributed by atoms with Gasteiger partial charge < -0.3 is 21.1 Å². The van der Waals surface area contributed by atoms with Crippen LogP contribution in [0.4, 0.5) is 21.8 Å². The fraction of sp³-hybridized carbons (Fsp3) is 0.417. The predicted molar refractivity (Wildman–Crippen MR) is 132 cm³/mol. The van der Waals surface area contributed by atoms with Gasteiger partial charge >= 0.3 is 0 Å². The molecular formula is C24H32FN5O3S. The van der Waals surface area contributed by atoms with Gasteiger partial charge in [-0.3, -0.25) is 0 Å². The van der Waals surface area contributed by atoms with E-state index in [1.54, 1.807) is 34.1 Å². The van der Waals surface area contributed by atoms with Crippen molar-refractivity contribution in [3.63, 3.8) is 0 Å². The third-order valence-corrected chi connectivity index (χ3v) is 8.11. The Morgan fingerprint density at radius 3 is 2.65 bits per heavy atom. The number of nitrogens with two attached hydrogens (primary N) is 1. The summed E-state index contributed by atoms with van der Waals surface area (Å²) in [6.07, 6.45) is 6.47. The second-order valence-electron chi connectivity index (χ2n) is 8.58. The standard InChI is InChI=1S/C24H32FN5O3S/c1-14(2)34(31,32)21-12-18(25)7-8-19(21)28-23-15(3)13-27-24(30-23)29-22-16(4)17(10-11-26)6-9-20(22)33-5/h6-9,12-14,16-17H,10-11,26H2,1-5H3,(H2,27,28,29,30).